The van der Waals surface area contributed by atoms with E-state index in [0.29, 0.717) is 17.8 Å². The highest BCUT2D eigenvalue weighted by molar-refractivity contribution is 6.12. The topological polar surface area (TPSA) is 40.3 Å². The zero-order chi connectivity index (χ0) is 17.8. The van der Waals surface area contributed by atoms with E-state index < -0.39 is 0 Å². The van der Waals surface area contributed by atoms with E-state index in [1.807, 2.05) is 7.05 Å². The van der Waals surface area contributed by atoms with Crippen LogP contribution in [0.1, 0.15) is 71.6 Å². The van der Waals surface area contributed by atoms with Crippen molar-refractivity contribution in [2.75, 3.05) is 20.6 Å². The van der Waals surface area contributed by atoms with Crippen LogP contribution >= 0.6 is 0 Å². The number of rotatable bonds is 3. The number of nitrogens with zero attached hydrogens (tertiary/aromatic N) is 4. The van der Waals surface area contributed by atoms with Crippen molar-refractivity contribution in [2.45, 2.75) is 71.6 Å². The fraction of sp³-hybridized carbons (Fsp3) is 0.857. The monoisotopic (exact) mass is 344 g/mol. The fourth-order valence-electron chi connectivity index (χ4n) is 4.88. The molecule has 0 bridgehead atoms. The van der Waals surface area contributed by atoms with Crippen LogP contribution in [0.3, 0.4) is 0 Å². The van der Waals surface area contributed by atoms with E-state index >= 15 is 0 Å². The van der Waals surface area contributed by atoms with Gasteiger partial charge in [-0.3, -0.25) is 10.0 Å². The van der Waals surface area contributed by atoms with Crippen LogP contribution in [0.4, 0.5) is 0 Å². The zero-order valence-corrected chi connectivity index (χ0v) is 16.7. The van der Waals surface area contributed by atoms with Crippen LogP contribution in [0.25, 0.3) is 0 Å². The van der Waals surface area contributed by atoms with Gasteiger partial charge in [-0.2, -0.15) is 5.10 Å². The van der Waals surface area contributed by atoms with E-state index in [1.165, 1.54) is 69.2 Å². The van der Waals surface area contributed by atoms with Gasteiger partial charge in [0.2, 0.25) is 0 Å². The number of hydrogen-bond acceptors (Lipinski definition) is 3. The molecule has 1 unspecified atom stereocenters. The van der Waals surface area contributed by atoms with Crippen molar-refractivity contribution >= 4 is 17.3 Å². The van der Waals surface area contributed by atoms with Crippen LogP contribution in [-0.4, -0.2) is 42.9 Å². The Morgan fingerprint density at radius 1 is 1.04 bits per heavy atom. The summed E-state index contributed by atoms with van der Waals surface area (Å²) in [7, 11) is 4.02. The molecule has 4 nitrogen and oxygen atoms in total. The molecule has 3 aliphatic rings. The fourth-order valence-corrected chi connectivity index (χ4v) is 4.88. The highest BCUT2D eigenvalue weighted by atomic mass is 15.5. The Morgan fingerprint density at radius 2 is 1.72 bits per heavy atom. The van der Waals surface area contributed by atoms with Crippen molar-refractivity contribution in [3.63, 3.8) is 0 Å². The standard InChI is InChI=1S/C21H36N4/c1-15-10-12-18(13-11-15)21(22-3)23-16(2)19-14-25(4)24-20(19)17-8-6-5-7-9-17/h15,17-19H,5-14H2,1-4H3. The Bertz CT molecular complexity index is 534. The Balaban J connectivity index is 1.72. The molecule has 2 fully saturated rings. The van der Waals surface area contributed by atoms with Gasteiger partial charge in [-0.1, -0.05) is 39.0 Å². The lowest BCUT2D eigenvalue weighted by Crippen LogP contribution is -2.31. The third kappa shape index (κ3) is 4.51. The first-order chi connectivity index (χ1) is 12.1. The van der Waals surface area contributed by atoms with Crippen LogP contribution in [0.5, 0.6) is 0 Å². The molecule has 25 heavy (non-hydrogen) atoms. The molecule has 0 radical (unpaired) electrons. The maximum absolute atomic E-state index is 5.06. The van der Waals surface area contributed by atoms with E-state index in [4.69, 9.17) is 10.1 Å². The Morgan fingerprint density at radius 3 is 2.36 bits per heavy atom. The molecule has 0 spiro atoms. The van der Waals surface area contributed by atoms with Gasteiger partial charge in [0.1, 0.15) is 5.84 Å². The smallest absolute Gasteiger partial charge is 0.126 e. The molecule has 1 aliphatic heterocycles. The summed E-state index contributed by atoms with van der Waals surface area (Å²) in [5, 5.41) is 7.02. The van der Waals surface area contributed by atoms with Gasteiger partial charge in [0.05, 0.1) is 11.6 Å². The SMILES string of the molecule is CN=C(N=C(C)C1CN(C)N=C1C1CCCCC1)C1CCC(C)CC1. The Hall–Kier alpha value is -1.19. The number of hydrogen-bond donors (Lipinski definition) is 0. The molecule has 2 saturated carbocycles. The maximum atomic E-state index is 5.06. The van der Waals surface area contributed by atoms with Crippen LogP contribution in [0.2, 0.25) is 0 Å². The number of hydrazone groups is 1. The molecule has 140 valence electrons. The van der Waals surface area contributed by atoms with E-state index in [1.54, 1.807) is 0 Å². The van der Waals surface area contributed by atoms with Crippen molar-refractivity contribution in [1.82, 2.24) is 5.01 Å². The van der Waals surface area contributed by atoms with E-state index in [-0.39, 0.29) is 0 Å². The summed E-state index contributed by atoms with van der Waals surface area (Å²) in [6, 6.07) is 0. The maximum Gasteiger partial charge on any atom is 0.126 e. The second kappa shape index (κ2) is 8.46. The molecule has 4 heteroatoms. The second-order valence-electron chi connectivity index (χ2n) is 8.54. The largest absolute Gasteiger partial charge is 0.299 e. The van der Waals surface area contributed by atoms with Crippen molar-refractivity contribution in [1.29, 1.82) is 0 Å². The number of aliphatic imine (C=N–C) groups is 2. The normalized spacial score (nSPS) is 32.9. The molecular formula is C21H36N4. The Labute approximate surface area is 153 Å². The highest BCUT2D eigenvalue weighted by Crippen LogP contribution is 2.32. The predicted molar refractivity (Wildman–Crippen MR) is 108 cm³/mol. The summed E-state index contributed by atoms with van der Waals surface area (Å²) in [5.41, 5.74) is 2.63. The highest BCUT2D eigenvalue weighted by Gasteiger charge is 2.34. The molecular weight excluding hydrogens is 308 g/mol. The first-order valence-electron chi connectivity index (χ1n) is 10.4. The minimum Gasteiger partial charge on any atom is -0.299 e. The minimum absolute atomic E-state index is 0.396. The molecule has 0 aromatic carbocycles. The van der Waals surface area contributed by atoms with E-state index in [2.05, 4.69) is 30.9 Å². The summed E-state index contributed by atoms with van der Waals surface area (Å²) in [6.07, 6.45) is 11.9. The van der Waals surface area contributed by atoms with Crippen LogP contribution in [0, 0.1) is 23.7 Å². The first-order valence-corrected chi connectivity index (χ1v) is 10.4. The van der Waals surface area contributed by atoms with Gasteiger partial charge in [0, 0.05) is 32.3 Å². The minimum atomic E-state index is 0.396. The lowest BCUT2D eigenvalue weighted by atomic mass is 9.80. The summed E-state index contributed by atoms with van der Waals surface area (Å²) in [4.78, 5) is 9.64. The van der Waals surface area contributed by atoms with Gasteiger partial charge < -0.3 is 0 Å². The van der Waals surface area contributed by atoms with Crippen molar-refractivity contribution < 1.29 is 0 Å². The second-order valence-corrected chi connectivity index (χ2v) is 8.54. The Kier molecular flexibility index (Phi) is 6.29. The van der Waals surface area contributed by atoms with Gasteiger partial charge in [-0.15, -0.1) is 0 Å². The molecule has 3 rings (SSSR count). The summed E-state index contributed by atoms with van der Waals surface area (Å²) < 4.78 is 0. The molecule has 0 aromatic heterocycles. The van der Waals surface area contributed by atoms with Gasteiger partial charge in [0.15, 0.2) is 0 Å². The van der Waals surface area contributed by atoms with Gasteiger partial charge in [0.25, 0.3) is 0 Å². The predicted octanol–water partition coefficient (Wildman–Crippen LogP) is 4.80. The average molecular weight is 345 g/mol. The lowest BCUT2D eigenvalue weighted by molar-refractivity contribution is 0.342. The molecule has 1 atom stereocenters. The summed E-state index contributed by atoms with van der Waals surface area (Å²) in [5.74, 6) is 3.58. The van der Waals surface area contributed by atoms with Gasteiger partial charge >= 0.3 is 0 Å². The van der Waals surface area contributed by atoms with Gasteiger partial charge in [-0.25, -0.2) is 4.99 Å². The quantitative estimate of drug-likeness (QED) is 0.535. The lowest BCUT2D eigenvalue weighted by Gasteiger charge is -2.27. The van der Waals surface area contributed by atoms with Gasteiger partial charge in [-0.05, 0) is 44.4 Å². The molecule has 0 N–H and O–H groups in total. The van der Waals surface area contributed by atoms with Crippen LogP contribution in [0.15, 0.2) is 15.1 Å². The zero-order valence-electron chi connectivity index (χ0n) is 16.7. The molecule has 0 amide bonds. The third-order valence-corrected chi connectivity index (χ3v) is 6.52. The van der Waals surface area contributed by atoms with Crippen molar-refractivity contribution in [3.8, 4) is 0 Å². The molecule has 0 saturated heterocycles. The molecule has 2 aliphatic carbocycles. The third-order valence-electron chi connectivity index (χ3n) is 6.52. The average Bonchev–Trinajstić information content (AvgIpc) is 3.03. The molecule has 0 aromatic rings. The first kappa shape index (κ1) is 18.6. The summed E-state index contributed by atoms with van der Waals surface area (Å²) >= 11 is 0. The van der Waals surface area contributed by atoms with Crippen LogP contribution < -0.4 is 0 Å². The van der Waals surface area contributed by atoms with Crippen LogP contribution in [-0.2, 0) is 0 Å². The van der Waals surface area contributed by atoms with Crippen molar-refractivity contribution in [2.24, 2.45) is 38.8 Å². The van der Waals surface area contributed by atoms with E-state index in [9.17, 15) is 0 Å². The van der Waals surface area contributed by atoms with E-state index in [0.717, 1.165) is 18.3 Å². The number of amidine groups is 1. The van der Waals surface area contributed by atoms with Crippen molar-refractivity contribution in [3.05, 3.63) is 0 Å². The molecule has 1 heterocycles. The summed E-state index contributed by atoms with van der Waals surface area (Å²) in [6.45, 7) is 5.56.